The SMILES string of the molecule is CNc1nnc(S[C@@H](C)C(=O)NCc2ccc(F)cc2)s1. The second-order valence-electron chi connectivity index (χ2n) is 4.23. The molecule has 0 aliphatic carbocycles. The van der Waals surface area contributed by atoms with Gasteiger partial charge in [-0.15, -0.1) is 10.2 Å². The van der Waals surface area contributed by atoms with Crippen molar-refractivity contribution in [2.24, 2.45) is 0 Å². The lowest BCUT2D eigenvalue weighted by Gasteiger charge is -2.10. The Kier molecular flexibility index (Phi) is 5.51. The maximum absolute atomic E-state index is 12.8. The van der Waals surface area contributed by atoms with Crippen LogP contribution in [0.25, 0.3) is 0 Å². The molecule has 0 unspecified atom stereocenters. The van der Waals surface area contributed by atoms with Crippen molar-refractivity contribution >= 4 is 34.1 Å². The summed E-state index contributed by atoms with van der Waals surface area (Å²) >= 11 is 2.76. The van der Waals surface area contributed by atoms with Crippen molar-refractivity contribution in [3.63, 3.8) is 0 Å². The number of benzene rings is 1. The minimum absolute atomic E-state index is 0.0921. The number of carbonyl (C=O) groups excluding carboxylic acids is 1. The third-order valence-corrected chi connectivity index (χ3v) is 4.77. The van der Waals surface area contributed by atoms with Gasteiger partial charge in [0.25, 0.3) is 0 Å². The van der Waals surface area contributed by atoms with E-state index in [1.807, 2.05) is 6.92 Å². The van der Waals surface area contributed by atoms with E-state index in [-0.39, 0.29) is 17.0 Å². The number of aromatic nitrogens is 2. The highest BCUT2D eigenvalue weighted by Crippen LogP contribution is 2.28. The van der Waals surface area contributed by atoms with Crippen LogP contribution in [0.3, 0.4) is 0 Å². The molecule has 1 heterocycles. The number of nitrogens with one attached hydrogen (secondary N) is 2. The van der Waals surface area contributed by atoms with Gasteiger partial charge < -0.3 is 10.6 Å². The van der Waals surface area contributed by atoms with Gasteiger partial charge in [-0.05, 0) is 24.6 Å². The second-order valence-corrected chi connectivity index (χ2v) is 6.79. The first-order valence-electron chi connectivity index (χ1n) is 6.28. The highest BCUT2D eigenvalue weighted by Gasteiger charge is 2.16. The van der Waals surface area contributed by atoms with Gasteiger partial charge in [0.1, 0.15) is 5.82 Å². The Morgan fingerprint density at radius 2 is 2.10 bits per heavy atom. The van der Waals surface area contributed by atoms with Crippen molar-refractivity contribution in [3.8, 4) is 0 Å². The molecule has 1 atom stereocenters. The first kappa shape index (κ1) is 15.7. The molecule has 0 saturated carbocycles. The topological polar surface area (TPSA) is 66.9 Å². The highest BCUT2D eigenvalue weighted by molar-refractivity contribution is 8.02. The number of anilines is 1. The maximum atomic E-state index is 12.8. The van der Waals surface area contributed by atoms with E-state index >= 15 is 0 Å². The quantitative estimate of drug-likeness (QED) is 0.799. The third-order valence-electron chi connectivity index (χ3n) is 2.65. The van der Waals surface area contributed by atoms with Gasteiger partial charge >= 0.3 is 0 Å². The molecule has 0 spiro atoms. The van der Waals surface area contributed by atoms with E-state index in [2.05, 4.69) is 20.8 Å². The number of thioether (sulfide) groups is 1. The van der Waals surface area contributed by atoms with Gasteiger partial charge in [-0.25, -0.2) is 4.39 Å². The van der Waals surface area contributed by atoms with Crippen molar-refractivity contribution < 1.29 is 9.18 Å². The molecule has 2 rings (SSSR count). The summed E-state index contributed by atoms with van der Waals surface area (Å²) in [5, 5.41) is 14.1. The third kappa shape index (κ3) is 4.68. The normalized spacial score (nSPS) is 12.0. The number of halogens is 1. The van der Waals surface area contributed by atoms with E-state index in [4.69, 9.17) is 0 Å². The molecule has 0 bridgehead atoms. The standard InChI is InChI=1S/C13H15FN4OS2/c1-8(20-13-18-17-12(15-2)21-13)11(19)16-7-9-3-5-10(14)6-4-9/h3-6,8H,7H2,1-2H3,(H,15,17)(H,16,19)/t8-/m0/s1. The van der Waals surface area contributed by atoms with Gasteiger partial charge in [0.05, 0.1) is 5.25 Å². The first-order chi connectivity index (χ1) is 10.1. The maximum Gasteiger partial charge on any atom is 0.233 e. The monoisotopic (exact) mass is 326 g/mol. The molecule has 0 aliphatic heterocycles. The Balaban J connectivity index is 1.83. The summed E-state index contributed by atoms with van der Waals surface area (Å²) in [4.78, 5) is 12.0. The lowest BCUT2D eigenvalue weighted by Crippen LogP contribution is -2.30. The molecule has 5 nitrogen and oxygen atoms in total. The number of nitrogens with zero attached hydrogens (tertiary/aromatic N) is 2. The van der Waals surface area contributed by atoms with Crippen LogP contribution in [0.5, 0.6) is 0 Å². The Morgan fingerprint density at radius 1 is 1.38 bits per heavy atom. The first-order valence-corrected chi connectivity index (χ1v) is 7.98. The summed E-state index contributed by atoms with van der Waals surface area (Å²) in [5.74, 6) is -0.379. The Bertz CT molecular complexity index is 602. The summed E-state index contributed by atoms with van der Waals surface area (Å²) in [7, 11) is 1.77. The number of carbonyl (C=O) groups is 1. The van der Waals surface area contributed by atoms with Crippen LogP contribution in [0.2, 0.25) is 0 Å². The summed E-state index contributed by atoms with van der Waals surface area (Å²) < 4.78 is 13.5. The average molecular weight is 326 g/mol. The predicted molar refractivity (Wildman–Crippen MR) is 83.0 cm³/mol. The van der Waals surface area contributed by atoms with Gasteiger partial charge in [0.2, 0.25) is 11.0 Å². The molecule has 8 heteroatoms. The van der Waals surface area contributed by atoms with Gasteiger partial charge in [0.15, 0.2) is 4.34 Å². The average Bonchev–Trinajstić information content (AvgIpc) is 2.94. The molecule has 2 N–H and O–H groups in total. The van der Waals surface area contributed by atoms with Crippen LogP contribution in [-0.2, 0) is 11.3 Å². The van der Waals surface area contributed by atoms with Gasteiger partial charge in [-0.1, -0.05) is 35.2 Å². The number of hydrogen-bond donors (Lipinski definition) is 2. The fraction of sp³-hybridized carbons (Fsp3) is 0.308. The van der Waals surface area contributed by atoms with Crippen LogP contribution >= 0.6 is 23.1 Å². The molecule has 0 fully saturated rings. The fourth-order valence-corrected chi connectivity index (χ4v) is 3.37. The number of hydrogen-bond acceptors (Lipinski definition) is 6. The van der Waals surface area contributed by atoms with Gasteiger partial charge in [-0.2, -0.15) is 0 Å². The molecule has 0 aliphatic rings. The van der Waals surface area contributed by atoms with Gasteiger partial charge in [-0.3, -0.25) is 4.79 Å². The summed E-state index contributed by atoms with van der Waals surface area (Å²) in [6.07, 6.45) is 0. The van der Waals surface area contributed by atoms with Crippen molar-refractivity contribution in [2.75, 3.05) is 12.4 Å². The van der Waals surface area contributed by atoms with Crippen LogP contribution in [0.4, 0.5) is 9.52 Å². The van der Waals surface area contributed by atoms with Crippen LogP contribution < -0.4 is 10.6 Å². The molecular formula is C13H15FN4OS2. The molecule has 2 aromatic rings. The summed E-state index contributed by atoms with van der Waals surface area (Å²) in [6.45, 7) is 2.19. The van der Waals surface area contributed by atoms with E-state index < -0.39 is 0 Å². The number of amides is 1. The predicted octanol–water partition coefficient (Wildman–Crippen LogP) is 2.52. The smallest absolute Gasteiger partial charge is 0.233 e. The minimum Gasteiger partial charge on any atom is -0.363 e. The van der Waals surface area contributed by atoms with Crippen molar-refractivity contribution in [2.45, 2.75) is 23.1 Å². The zero-order valence-electron chi connectivity index (χ0n) is 11.6. The molecule has 0 radical (unpaired) electrons. The molecule has 112 valence electrons. The molecule has 1 aromatic heterocycles. The molecule has 1 amide bonds. The van der Waals surface area contributed by atoms with Crippen molar-refractivity contribution in [1.29, 1.82) is 0 Å². The molecule has 21 heavy (non-hydrogen) atoms. The summed E-state index contributed by atoms with van der Waals surface area (Å²) in [6, 6.07) is 6.05. The van der Waals surface area contributed by atoms with Crippen molar-refractivity contribution in [3.05, 3.63) is 35.6 Å². The minimum atomic E-state index is -0.286. The molecular weight excluding hydrogens is 311 g/mol. The highest BCUT2D eigenvalue weighted by atomic mass is 32.2. The zero-order chi connectivity index (χ0) is 15.2. The second kappa shape index (κ2) is 7.37. The zero-order valence-corrected chi connectivity index (χ0v) is 13.2. The van der Waals surface area contributed by atoms with Crippen LogP contribution in [-0.4, -0.2) is 28.4 Å². The molecule has 1 aromatic carbocycles. The van der Waals surface area contributed by atoms with E-state index in [1.165, 1.54) is 35.2 Å². The van der Waals surface area contributed by atoms with Gasteiger partial charge in [0, 0.05) is 13.6 Å². The fourth-order valence-electron chi connectivity index (χ4n) is 1.50. The van der Waals surface area contributed by atoms with E-state index in [0.717, 1.165) is 15.0 Å². The van der Waals surface area contributed by atoms with Crippen LogP contribution in [0.15, 0.2) is 28.6 Å². The van der Waals surface area contributed by atoms with Crippen LogP contribution in [0, 0.1) is 5.82 Å². The lowest BCUT2D eigenvalue weighted by molar-refractivity contribution is -0.120. The Hall–Kier alpha value is -1.67. The van der Waals surface area contributed by atoms with E-state index in [0.29, 0.717) is 6.54 Å². The van der Waals surface area contributed by atoms with Crippen LogP contribution in [0.1, 0.15) is 12.5 Å². The largest absolute Gasteiger partial charge is 0.363 e. The van der Waals surface area contributed by atoms with E-state index in [9.17, 15) is 9.18 Å². The summed E-state index contributed by atoms with van der Waals surface area (Å²) in [5.41, 5.74) is 0.857. The number of rotatable bonds is 6. The Morgan fingerprint density at radius 3 is 2.71 bits per heavy atom. The van der Waals surface area contributed by atoms with Crippen molar-refractivity contribution in [1.82, 2.24) is 15.5 Å². The molecule has 0 saturated heterocycles. The Labute approximate surface area is 130 Å². The lowest BCUT2D eigenvalue weighted by atomic mass is 10.2. The van der Waals surface area contributed by atoms with E-state index in [1.54, 1.807) is 19.2 Å².